The molecular weight excluding hydrogens is 266 g/mol. The first-order valence-corrected chi connectivity index (χ1v) is 9.07. The molecule has 0 aliphatic carbocycles. The fourth-order valence-electron chi connectivity index (χ4n) is 1.92. The standard InChI is InChI=1S/C15H20N3OSi/c1-12(16-11-13-9-10-17-18(13)2)14-7-5-6-8-15(14)19-20(3)4/h5-12H,1-4H3. The zero-order valence-corrected chi connectivity index (χ0v) is 13.4. The molecule has 2 rings (SSSR count). The largest absolute Gasteiger partial charge is 0.542 e. The van der Waals surface area contributed by atoms with Gasteiger partial charge >= 0.3 is 0 Å². The first-order valence-electron chi connectivity index (χ1n) is 6.66. The number of hydrogen-bond donors (Lipinski definition) is 0. The van der Waals surface area contributed by atoms with E-state index in [9.17, 15) is 0 Å². The smallest absolute Gasteiger partial charge is 0.274 e. The first-order chi connectivity index (χ1) is 9.58. The van der Waals surface area contributed by atoms with Crippen molar-refractivity contribution in [2.45, 2.75) is 26.1 Å². The predicted octanol–water partition coefficient (Wildman–Crippen LogP) is 3.23. The monoisotopic (exact) mass is 286 g/mol. The van der Waals surface area contributed by atoms with E-state index in [1.807, 2.05) is 37.5 Å². The van der Waals surface area contributed by atoms with Crippen LogP contribution in [-0.2, 0) is 7.05 Å². The Kier molecular flexibility index (Phi) is 4.73. The van der Waals surface area contributed by atoms with Gasteiger partial charge in [-0.15, -0.1) is 0 Å². The molecule has 105 valence electrons. The van der Waals surface area contributed by atoms with Crippen LogP contribution in [-0.4, -0.2) is 25.0 Å². The van der Waals surface area contributed by atoms with Gasteiger partial charge in [-0.1, -0.05) is 18.2 Å². The number of benzene rings is 1. The molecule has 1 radical (unpaired) electrons. The van der Waals surface area contributed by atoms with Gasteiger partial charge in [-0.2, -0.15) is 5.10 Å². The molecule has 20 heavy (non-hydrogen) atoms. The van der Waals surface area contributed by atoms with E-state index in [1.54, 1.807) is 10.9 Å². The maximum atomic E-state index is 5.94. The molecule has 0 saturated heterocycles. The lowest BCUT2D eigenvalue weighted by atomic mass is 10.1. The summed E-state index contributed by atoms with van der Waals surface area (Å²) < 4.78 is 7.74. The minimum absolute atomic E-state index is 0.0578. The van der Waals surface area contributed by atoms with Crippen LogP contribution in [0.4, 0.5) is 0 Å². The third-order valence-electron chi connectivity index (χ3n) is 2.97. The zero-order valence-electron chi connectivity index (χ0n) is 12.4. The molecular formula is C15H20N3OSi. The summed E-state index contributed by atoms with van der Waals surface area (Å²) in [6.07, 6.45) is 3.63. The van der Waals surface area contributed by atoms with Gasteiger partial charge in [0.05, 0.1) is 11.7 Å². The number of aromatic nitrogens is 2. The number of para-hydroxylation sites is 1. The molecule has 4 nitrogen and oxygen atoms in total. The molecule has 0 amide bonds. The minimum atomic E-state index is -0.772. The van der Waals surface area contributed by atoms with Crippen molar-refractivity contribution in [1.29, 1.82) is 0 Å². The van der Waals surface area contributed by atoms with Crippen LogP contribution in [0.2, 0.25) is 13.1 Å². The van der Waals surface area contributed by atoms with Crippen LogP contribution in [0.5, 0.6) is 5.75 Å². The van der Waals surface area contributed by atoms with Gasteiger partial charge in [-0.25, -0.2) is 0 Å². The topological polar surface area (TPSA) is 39.4 Å². The van der Waals surface area contributed by atoms with Crippen molar-refractivity contribution in [3.05, 3.63) is 47.8 Å². The number of rotatable bonds is 5. The minimum Gasteiger partial charge on any atom is -0.542 e. The van der Waals surface area contributed by atoms with E-state index in [4.69, 9.17) is 4.43 Å². The SMILES string of the molecule is CC(N=Cc1ccnn1C)c1ccccc1O[Si](C)C. The van der Waals surface area contributed by atoms with Gasteiger partial charge in [-0.3, -0.25) is 9.67 Å². The van der Waals surface area contributed by atoms with E-state index >= 15 is 0 Å². The maximum Gasteiger partial charge on any atom is 0.274 e. The zero-order chi connectivity index (χ0) is 14.5. The van der Waals surface area contributed by atoms with Gasteiger partial charge in [0.2, 0.25) is 0 Å². The van der Waals surface area contributed by atoms with Crippen molar-refractivity contribution in [3.63, 3.8) is 0 Å². The Hall–Kier alpha value is -1.88. The van der Waals surface area contributed by atoms with Crippen LogP contribution in [0.25, 0.3) is 0 Å². The molecule has 1 aromatic carbocycles. The highest BCUT2D eigenvalue weighted by molar-refractivity contribution is 6.49. The van der Waals surface area contributed by atoms with Crippen molar-refractivity contribution >= 4 is 15.3 Å². The molecule has 0 N–H and O–H groups in total. The number of hydrogen-bond acceptors (Lipinski definition) is 3. The van der Waals surface area contributed by atoms with Crippen LogP contribution in [0.15, 0.2) is 41.5 Å². The van der Waals surface area contributed by atoms with E-state index in [0.29, 0.717) is 0 Å². The third-order valence-corrected chi connectivity index (χ3v) is 3.60. The van der Waals surface area contributed by atoms with E-state index in [0.717, 1.165) is 17.0 Å². The predicted molar refractivity (Wildman–Crippen MR) is 83.8 cm³/mol. The number of aryl methyl sites for hydroxylation is 1. The van der Waals surface area contributed by atoms with Crippen LogP contribution in [0.1, 0.15) is 24.2 Å². The maximum absolute atomic E-state index is 5.94. The van der Waals surface area contributed by atoms with Crippen LogP contribution in [0, 0.1) is 0 Å². The van der Waals surface area contributed by atoms with E-state index in [2.05, 4.69) is 36.2 Å². The van der Waals surface area contributed by atoms with E-state index in [1.165, 1.54) is 0 Å². The quantitative estimate of drug-likeness (QED) is 0.625. The summed E-state index contributed by atoms with van der Waals surface area (Å²) in [6.45, 7) is 6.34. The second-order valence-electron chi connectivity index (χ2n) is 4.88. The molecule has 2 aromatic rings. The molecule has 0 aliphatic rings. The van der Waals surface area contributed by atoms with Crippen LogP contribution >= 0.6 is 0 Å². The first kappa shape index (κ1) is 14.5. The molecule has 0 fully saturated rings. The van der Waals surface area contributed by atoms with Gasteiger partial charge in [0.25, 0.3) is 9.04 Å². The Bertz CT molecular complexity index is 592. The fraction of sp³-hybridized carbons (Fsp3) is 0.333. The second-order valence-corrected chi connectivity index (χ2v) is 6.90. The summed E-state index contributed by atoms with van der Waals surface area (Å²) in [5, 5.41) is 4.13. The van der Waals surface area contributed by atoms with Crippen LogP contribution < -0.4 is 4.43 Å². The summed E-state index contributed by atoms with van der Waals surface area (Å²) in [5.41, 5.74) is 2.11. The Morgan fingerprint density at radius 1 is 1.30 bits per heavy atom. The Labute approximate surface area is 121 Å². The van der Waals surface area contributed by atoms with Crippen molar-refractivity contribution in [3.8, 4) is 5.75 Å². The highest BCUT2D eigenvalue weighted by Crippen LogP contribution is 2.27. The fourth-order valence-corrected chi connectivity index (χ4v) is 2.54. The average Bonchev–Trinajstić information content (AvgIpc) is 2.81. The molecule has 0 bridgehead atoms. The molecule has 0 saturated carbocycles. The highest BCUT2D eigenvalue weighted by Gasteiger charge is 2.11. The van der Waals surface area contributed by atoms with E-state index < -0.39 is 9.04 Å². The molecule has 5 heteroatoms. The summed E-state index contributed by atoms with van der Waals surface area (Å²) >= 11 is 0. The summed E-state index contributed by atoms with van der Waals surface area (Å²) in [7, 11) is 1.14. The lowest BCUT2D eigenvalue weighted by Crippen LogP contribution is -2.13. The van der Waals surface area contributed by atoms with Gasteiger partial charge in [0.1, 0.15) is 5.75 Å². The lowest BCUT2D eigenvalue weighted by Gasteiger charge is -2.15. The average molecular weight is 286 g/mol. The molecule has 0 aliphatic heterocycles. The molecule has 1 aromatic heterocycles. The van der Waals surface area contributed by atoms with Crippen LogP contribution in [0.3, 0.4) is 0 Å². The van der Waals surface area contributed by atoms with E-state index in [-0.39, 0.29) is 6.04 Å². The normalized spacial score (nSPS) is 13.1. The summed E-state index contributed by atoms with van der Waals surface area (Å²) in [6, 6.07) is 10.1. The third kappa shape index (κ3) is 3.57. The van der Waals surface area contributed by atoms with Gasteiger partial charge in [-0.05, 0) is 32.2 Å². The van der Waals surface area contributed by atoms with Crippen molar-refractivity contribution < 1.29 is 4.43 Å². The van der Waals surface area contributed by atoms with Crippen molar-refractivity contribution in [2.24, 2.45) is 12.0 Å². The highest BCUT2D eigenvalue weighted by atomic mass is 28.3. The van der Waals surface area contributed by atoms with Gasteiger partial charge in [0.15, 0.2) is 0 Å². The molecule has 1 atom stereocenters. The second kappa shape index (κ2) is 6.52. The summed E-state index contributed by atoms with van der Waals surface area (Å²) in [4.78, 5) is 4.61. The molecule has 0 spiro atoms. The molecule has 1 unspecified atom stereocenters. The lowest BCUT2D eigenvalue weighted by molar-refractivity contribution is 0.563. The molecule has 1 heterocycles. The summed E-state index contributed by atoms with van der Waals surface area (Å²) in [5.74, 6) is 0.945. The number of aliphatic imine (C=N–C) groups is 1. The van der Waals surface area contributed by atoms with Crippen molar-refractivity contribution in [2.75, 3.05) is 0 Å². The van der Waals surface area contributed by atoms with Gasteiger partial charge in [0, 0.05) is 25.0 Å². The number of nitrogens with zero attached hydrogens (tertiary/aromatic N) is 3. The Morgan fingerprint density at radius 2 is 2.05 bits per heavy atom. The Balaban J connectivity index is 2.19. The Morgan fingerprint density at radius 3 is 2.70 bits per heavy atom. The van der Waals surface area contributed by atoms with Gasteiger partial charge < -0.3 is 4.43 Å². The van der Waals surface area contributed by atoms with Crippen molar-refractivity contribution in [1.82, 2.24) is 9.78 Å².